The number of carbonyl (C=O) groups is 5. The number of anilines is 2. The van der Waals surface area contributed by atoms with Gasteiger partial charge >= 0.3 is 11.9 Å². The molecule has 1 heterocycles. The molecule has 1 N–H and O–H groups in total. The monoisotopic (exact) mass is 506 g/mol. The predicted molar refractivity (Wildman–Crippen MR) is 135 cm³/mol. The van der Waals surface area contributed by atoms with E-state index in [0.29, 0.717) is 35.9 Å². The Morgan fingerprint density at radius 2 is 1.46 bits per heavy atom. The molecule has 1 saturated heterocycles. The number of carbonyl (C=O) groups excluding carboxylic acids is 5. The Labute approximate surface area is 215 Å². The number of hydrogen-bond donors (Lipinski definition) is 1. The van der Waals surface area contributed by atoms with E-state index in [-0.39, 0.29) is 29.2 Å². The fourth-order valence-corrected chi connectivity index (χ4v) is 4.77. The molecule has 2 aromatic carbocycles. The van der Waals surface area contributed by atoms with Gasteiger partial charge in [0.25, 0.3) is 5.91 Å². The third-order valence-corrected chi connectivity index (χ3v) is 6.72. The quantitative estimate of drug-likeness (QED) is 0.425. The molecule has 2 fully saturated rings. The zero-order valence-corrected chi connectivity index (χ0v) is 20.9. The molecular formula is C28H30N2O7. The molecule has 194 valence electrons. The fraction of sp³-hybridized carbons (Fsp3) is 0.393. The third-order valence-electron chi connectivity index (χ3n) is 6.72. The van der Waals surface area contributed by atoms with Crippen molar-refractivity contribution in [2.24, 2.45) is 17.8 Å². The molecule has 2 aromatic rings. The number of benzene rings is 2. The lowest BCUT2D eigenvalue weighted by molar-refractivity contribution is -0.122. The van der Waals surface area contributed by atoms with Crippen LogP contribution in [-0.4, -0.2) is 42.9 Å². The van der Waals surface area contributed by atoms with Gasteiger partial charge in [0.15, 0.2) is 6.61 Å². The molecule has 2 aliphatic rings. The Balaban J connectivity index is 1.29. The van der Waals surface area contributed by atoms with Gasteiger partial charge in [-0.05, 0) is 80.1 Å². The summed E-state index contributed by atoms with van der Waals surface area (Å²) in [6.07, 6.45) is 3.09. The smallest absolute Gasteiger partial charge is 0.338 e. The van der Waals surface area contributed by atoms with Crippen molar-refractivity contribution in [3.63, 3.8) is 0 Å². The van der Waals surface area contributed by atoms with Crippen molar-refractivity contribution in [1.29, 1.82) is 0 Å². The highest BCUT2D eigenvalue weighted by atomic mass is 16.5. The van der Waals surface area contributed by atoms with Gasteiger partial charge in [-0.2, -0.15) is 0 Å². The summed E-state index contributed by atoms with van der Waals surface area (Å²) < 4.78 is 10.2. The molecule has 1 saturated carbocycles. The Morgan fingerprint density at radius 1 is 0.865 bits per heavy atom. The van der Waals surface area contributed by atoms with Crippen LogP contribution >= 0.6 is 0 Å². The zero-order chi connectivity index (χ0) is 26.5. The molecule has 9 nitrogen and oxygen atoms in total. The Kier molecular flexibility index (Phi) is 8.01. The summed E-state index contributed by atoms with van der Waals surface area (Å²) in [4.78, 5) is 63.4. The minimum Gasteiger partial charge on any atom is -0.462 e. The molecule has 0 radical (unpaired) electrons. The van der Waals surface area contributed by atoms with E-state index in [1.807, 2.05) is 6.92 Å². The maximum absolute atomic E-state index is 12.9. The number of amides is 3. The van der Waals surface area contributed by atoms with E-state index >= 15 is 0 Å². The van der Waals surface area contributed by atoms with Gasteiger partial charge in [-0.3, -0.25) is 19.3 Å². The van der Waals surface area contributed by atoms with Crippen molar-refractivity contribution >= 4 is 41.0 Å². The molecule has 1 aliphatic heterocycles. The van der Waals surface area contributed by atoms with Crippen LogP contribution in [-0.2, 0) is 23.9 Å². The van der Waals surface area contributed by atoms with Crippen LogP contribution in [0.3, 0.4) is 0 Å². The highest BCUT2D eigenvalue weighted by molar-refractivity contribution is 6.22. The summed E-state index contributed by atoms with van der Waals surface area (Å²) >= 11 is 0. The number of imide groups is 1. The molecule has 0 spiro atoms. The first-order valence-corrected chi connectivity index (χ1v) is 12.5. The lowest BCUT2D eigenvalue weighted by atomic mass is 9.76. The number of esters is 2. The van der Waals surface area contributed by atoms with Crippen LogP contribution < -0.4 is 10.2 Å². The van der Waals surface area contributed by atoms with Gasteiger partial charge in [-0.1, -0.05) is 13.8 Å². The number of rotatable bonds is 8. The van der Waals surface area contributed by atoms with Gasteiger partial charge in [-0.15, -0.1) is 0 Å². The van der Waals surface area contributed by atoms with Crippen LogP contribution in [0.15, 0.2) is 48.5 Å². The van der Waals surface area contributed by atoms with E-state index in [1.165, 1.54) is 29.2 Å². The maximum atomic E-state index is 12.9. The first-order chi connectivity index (χ1) is 17.8. The highest BCUT2D eigenvalue weighted by Crippen LogP contribution is 2.42. The van der Waals surface area contributed by atoms with Crippen LogP contribution in [0.25, 0.3) is 0 Å². The minimum atomic E-state index is -0.711. The number of ether oxygens (including phenoxy) is 2. The van der Waals surface area contributed by atoms with E-state index < -0.39 is 24.5 Å². The minimum absolute atomic E-state index is 0.181. The fourth-order valence-electron chi connectivity index (χ4n) is 4.77. The van der Waals surface area contributed by atoms with Crippen molar-refractivity contribution in [2.75, 3.05) is 23.4 Å². The van der Waals surface area contributed by atoms with E-state index in [2.05, 4.69) is 12.2 Å². The number of fused-ring (bicyclic) bond motifs is 1. The highest BCUT2D eigenvalue weighted by Gasteiger charge is 2.49. The molecule has 0 unspecified atom stereocenters. The third kappa shape index (κ3) is 5.87. The number of nitrogens with zero attached hydrogens (tertiary/aromatic N) is 1. The molecule has 4 rings (SSSR count). The Bertz CT molecular complexity index is 1190. The van der Waals surface area contributed by atoms with E-state index in [9.17, 15) is 24.0 Å². The van der Waals surface area contributed by atoms with E-state index in [4.69, 9.17) is 9.47 Å². The largest absolute Gasteiger partial charge is 0.462 e. The van der Waals surface area contributed by atoms with E-state index in [0.717, 1.165) is 19.3 Å². The Hall–Kier alpha value is -4.01. The van der Waals surface area contributed by atoms with Crippen LogP contribution in [0, 0.1) is 17.8 Å². The average molecular weight is 507 g/mol. The van der Waals surface area contributed by atoms with Crippen molar-refractivity contribution in [1.82, 2.24) is 0 Å². The van der Waals surface area contributed by atoms with Crippen LogP contribution in [0.4, 0.5) is 11.4 Å². The van der Waals surface area contributed by atoms with Crippen molar-refractivity contribution in [3.8, 4) is 0 Å². The van der Waals surface area contributed by atoms with Crippen LogP contribution in [0.2, 0.25) is 0 Å². The van der Waals surface area contributed by atoms with Gasteiger partial charge < -0.3 is 14.8 Å². The Morgan fingerprint density at radius 3 is 2.11 bits per heavy atom. The SMILES string of the molecule is CCCOC(=O)c1ccc(NC(=O)COC(=O)c2ccc(N3C(=O)[C@H]4C[C@@H](C)CC[C@H]4C3=O)cc2)cc1. The molecule has 3 atom stereocenters. The molecular weight excluding hydrogens is 476 g/mol. The molecule has 3 amide bonds. The second kappa shape index (κ2) is 11.4. The normalized spacial score (nSPS) is 20.8. The maximum Gasteiger partial charge on any atom is 0.338 e. The van der Waals surface area contributed by atoms with Gasteiger partial charge in [-0.25, -0.2) is 9.59 Å². The topological polar surface area (TPSA) is 119 Å². The van der Waals surface area contributed by atoms with E-state index in [1.54, 1.807) is 24.3 Å². The predicted octanol–water partition coefficient (Wildman–Crippen LogP) is 3.97. The standard InChI is InChI=1S/C28H30N2O7/c1-3-14-36-27(34)18-5-9-20(10-6-18)29-24(31)16-37-28(35)19-7-11-21(12-8-19)30-25(32)22-13-4-17(2)15-23(22)26(30)33/h5-12,17,22-23H,3-4,13-16H2,1-2H3,(H,29,31)/t17-,22+,23-/m0/s1. The van der Waals surface area contributed by atoms with Crippen LogP contribution in [0.1, 0.15) is 60.2 Å². The van der Waals surface area contributed by atoms with Crippen LogP contribution in [0.5, 0.6) is 0 Å². The summed E-state index contributed by atoms with van der Waals surface area (Å²) in [7, 11) is 0. The molecule has 0 aromatic heterocycles. The number of hydrogen-bond acceptors (Lipinski definition) is 7. The molecule has 1 aliphatic carbocycles. The summed E-state index contributed by atoms with van der Waals surface area (Å²) in [6, 6.07) is 12.2. The molecule has 37 heavy (non-hydrogen) atoms. The van der Waals surface area contributed by atoms with Crippen molar-refractivity contribution in [2.45, 2.75) is 39.5 Å². The summed E-state index contributed by atoms with van der Waals surface area (Å²) in [5.74, 6) is -2.18. The lowest BCUT2D eigenvalue weighted by Gasteiger charge is -2.25. The molecule has 0 bridgehead atoms. The summed E-state index contributed by atoms with van der Waals surface area (Å²) in [5, 5.41) is 2.59. The van der Waals surface area contributed by atoms with Gasteiger partial charge in [0.05, 0.1) is 35.3 Å². The molecule has 9 heteroatoms. The van der Waals surface area contributed by atoms with Gasteiger partial charge in [0, 0.05) is 5.69 Å². The first kappa shape index (κ1) is 26.1. The average Bonchev–Trinajstić information content (AvgIpc) is 3.15. The second-order valence-electron chi connectivity index (χ2n) is 9.53. The van der Waals surface area contributed by atoms with Crippen molar-refractivity contribution < 1.29 is 33.4 Å². The second-order valence-corrected chi connectivity index (χ2v) is 9.53. The van der Waals surface area contributed by atoms with Crippen molar-refractivity contribution in [3.05, 3.63) is 59.7 Å². The van der Waals surface area contributed by atoms with Gasteiger partial charge in [0.1, 0.15) is 0 Å². The first-order valence-electron chi connectivity index (χ1n) is 12.5. The zero-order valence-electron chi connectivity index (χ0n) is 20.9. The lowest BCUT2D eigenvalue weighted by Crippen LogP contribution is -2.30. The number of nitrogens with one attached hydrogen (secondary N) is 1. The summed E-state index contributed by atoms with van der Waals surface area (Å²) in [6.45, 7) is 3.82. The summed E-state index contributed by atoms with van der Waals surface area (Å²) in [5.41, 5.74) is 1.42. The van der Waals surface area contributed by atoms with Gasteiger partial charge in [0.2, 0.25) is 11.8 Å².